The molecule has 3 nitrogen and oxygen atoms in total. The van der Waals surface area contributed by atoms with Crippen LogP contribution in [0.2, 0.25) is 0 Å². The fraction of sp³-hybridized carbons (Fsp3) is 0.583. The quantitative estimate of drug-likeness (QED) is 0.791. The van der Waals surface area contributed by atoms with E-state index in [1.165, 1.54) is 5.69 Å². The summed E-state index contributed by atoms with van der Waals surface area (Å²) < 4.78 is 0. The fourth-order valence-corrected chi connectivity index (χ4v) is 2.03. The molecule has 0 aliphatic carbocycles. The number of nitrogens with zero attached hydrogens (tertiary/aromatic N) is 2. The highest BCUT2D eigenvalue weighted by atomic mass is 15.1. The minimum absolute atomic E-state index is 0.409. The average Bonchev–Trinajstić information content (AvgIpc) is 2.22. The van der Waals surface area contributed by atoms with Crippen LogP contribution in [0.4, 0.5) is 0 Å². The molecule has 0 atom stereocenters. The molecule has 0 saturated carbocycles. The van der Waals surface area contributed by atoms with Gasteiger partial charge in [-0.25, -0.2) is 0 Å². The highest BCUT2D eigenvalue weighted by molar-refractivity contribution is 5.09. The van der Waals surface area contributed by atoms with Gasteiger partial charge in [-0.2, -0.15) is 0 Å². The van der Waals surface area contributed by atoms with E-state index in [0.29, 0.717) is 6.04 Å². The fourth-order valence-electron chi connectivity index (χ4n) is 2.03. The lowest BCUT2D eigenvalue weighted by Crippen LogP contribution is -2.39. The molecule has 1 fully saturated rings. The van der Waals surface area contributed by atoms with E-state index in [2.05, 4.69) is 22.0 Å². The zero-order chi connectivity index (χ0) is 10.7. The Morgan fingerprint density at radius 2 is 2.13 bits per heavy atom. The van der Waals surface area contributed by atoms with Gasteiger partial charge in [0.05, 0.1) is 5.69 Å². The Morgan fingerprint density at radius 3 is 2.80 bits per heavy atom. The molecule has 2 N–H and O–H groups in total. The predicted molar refractivity (Wildman–Crippen MR) is 61.5 cm³/mol. The van der Waals surface area contributed by atoms with E-state index in [1.807, 2.05) is 13.0 Å². The second-order valence-corrected chi connectivity index (χ2v) is 4.38. The lowest BCUT2D eigenvalue weighted by Gasteiger charge is -2.29. The van der Waals surface area contributed by atoms with Gasteiger partial charge in [0.15, 0.2) is 0 Å². The number of aryl methyl sites for hydroxylation is 1. The van der Waals surface area contributed by atoms with Gasteiger partial charge in [0.25, 0.3) is 0 Å². The first-order valence-electron chi connectivity index (χ1n) is 5.64. The zero-order valence-corrected chi connectivity index (χ0v) is 9.32. The van der Waals surface area contributed by atoms with E-state index in [9.17, 15) is 0 Å². The standard InChI is InChI=1S/C12H19N3/c1-10-3-2-4-12(14-10)9-15-7-5-11(13)6-8-15/h2-4,11H,5-9,13H2,1H3. The zero-order valence-electron chi connectivity index (χ0n) is 9.32. The van der Waals surface area contributed by atoms with Gasteiger partial charge in [-0.3, -0.25) is 9.88 Å². The molecule has 82 valence electrons. The van der Waals surface area contributed by atoms with Crippen molar-refractivity contribution in [3.8, 4) is 0 Å². The number of hydrogen-bond acceptors (Lipinski definition) is 3. The summed E-state index contributed by atoms with van der Waals surface area (Å²) >= 11 is 0. The Labute approximate surface area is 91.3 Å². The van der Waals surface area contributed by atoms with Crippen LogP contribution in [-0.4, -0.2) is 29.0 Å². The third-order valence-electron chi connectivity index (χ3n) is 2.96. The lowest BCUT2D eigenvalue weighted by molar-refractivity contribution is 0.203. The van der Waals surface area contributed by atoms with E-state index in [4.69, 9.17) is 5.73 Å². The number of likely N-dealkylation sites (tertiary alicyclic amines) is 1. The number of hydrogen-bond donors (Lipinski definition) is 1. The number of pyridine rings is 1. The maximum atomic E-state index is 5.87. The summed E-state index contributed by atoms with van der Waals surface area (Å²) in [6.45, 7) is 5.22. The topological polar surface area (TPSA) is 42.1 Å². The molecule has 0 radical (unpaired) electrons. The molecular weight excluding hydrogens is 186 g/mol. The van der Waals surface area contributed by atoms with Gasteiger partial charge in [-0.1, -0.05) is 6.07 Å². The monoisotopic (exact) mass is 205 g/mol. The molecular formula is C12H19N3. The first-order valence-corrected chi connectivity index (χ1v) is 5.64. The minimum atomic E-state index is 0.409. The van der Waals surface area contributed by atoms with Crippen molar-refractivity contribution in [2.75, 3.05) is 13.1 Å². The van der Waals surface area contributed by atoms with Crippen molar-refractivity contribution in [3.05, 3.63) is 29.6 Å². The molecule has 0 spiro atoms. The molecule has 3 heteroatoms. The van der Waals surface area contributed by atoms with Gasteiger partial charge >= 0.3 is 0 Å². The van der Waals surface area contributed by atoms with Crippen molar-refractivity contribution in [1.29, 1.82) is 0 Å². The normalized spacial score (nSPS) is 19.3. The highest BCUT2D eigenvalue weighted by Crippen LogP contribution is 2.11. The SMILES string of the molecule is Cc1cccc(CN2CCC(N)CC2)n1. The van der Waals surface area contributed by atoms with Crippen molar-refractivity contribution in [1.82, 2.24) is 9.88 Å². The Hall–Kier alpha value is -0.930. The van der Waals surface area contributed by atoms with E-state index in [1.54, 1.807) is 0 Å². The molecule has 15 heavy (non-hydrogen) atoms. The summed E-state index contributed by atoms with van der Waals surface area (Å²) in [5.74, 6) is 0. The summed E-state index contributed by atoms with van der Waals surface area (Å²) in [6, 6.07) is 6.62. The van der Waals surface area contributed by atoms with E-state index in [-0.39, 0.29) is 0 Å². The second kappa shape index (κ2) is 4.73. The van der Waals surface area contributed by atoms with Gasteiger partial charge in [0, 0.05) is 31.4 Å². The van der Waals surface area contributed by atoms with Crippen LogP contribution in [0.15, 0.2) is 18.2 Å². The van der Waals surface area contributed by atoms with Gasteiger partial charge < -0.3 is 5.73 Å². The van der Waals surface area contributed by atoms with Crippen LogP contribution in [0, 0.1) is 6.92 Å². The molecule has 2 heterocycles. The molecule has 0 aromatic carbocycles. The number of nitrogens with two attached hydrogens (primary N) is 1. The van der Waals surface area contributed by atoms with E-state index in [0.717, 1.165) is 38.2 Å². The Bertz CT molecular complexity index is 316. The van der Waals surface area contributed by atoms with Crippen LogP contribution >= 0.6 is 0 Å². The summed E-state index contributed by atoms with van der Waals surface area (Å²) in [6.07, 6.45) is 2.23. The van der Waals surface area contributed by atoms with E-state index < -0.39 is 0 Å². The van der Waals surface area contributed by atoms with Crippen molar-refractivity contribution >= 4 is 0 Å². The maximum absolute atomic E-state index is 5.87. The van der Waals surface area contributed by atoms with Crippen molar-refractivity contribution in [2.24, 2.45) is 5.73 Å². The molecule has 0 unspecified atom stereocenters. The molecule has 2 rings (SSSR count). The van der Waals surface area contributed by atoms with Crippen LogP contribution in [0.25, 0.3) is 0 Å². The molecule has 0 bridgehead atoms. The summed E-state index contributed by atoms with van der Waals surface area (Å²) in [5, 5.41) is 0. The van der Waals surface area contributed by atoms with E-state index >= 15 is 0 Å². The first-order chi connectivity index (χ1) is 7.24. The predicted octanol–water partition coefficient (Wildman–Crippen LogP) is 1.31. The number of aromatic nitrogens is 1. The lowest BCUT2D eigenvalue weighted by atomic mass is 10.1. The maximum Gasteiger partial charge on any atom is 0.0547 e. The van der Waals surface area contributed by atoms with Crippen molar-refractivity contribution < 1.29 is 0 Å². The molecule has 1 aromatic rings. The van der Waals surface area contributed by atoms with Crippen molar-refractivity contribution in [3.63, 3.8) is 0 Å². The third-order valence-corrected chi connectivity index (χ3v) is 2.96. The van der Waals surface area contributed by atoms with Crippen LogP contribution in [0.3, 0.4) is 0 Å². The van der Waals surface area contributed by atoms with Crippen LogP contribution in [0.1, 0.15) is 24.2 Å². The summed E-state index contributed by atoms with van der Waals surface area (Å²) in [4.78, 5) is 6.95. The Balaban J connectivity index is 1.92. The smallest absolute Gasteiger partial charge is 0.0547 e. The Kier molecular flexibility index (Phi) is 3.34. The first kappa shape index (κ1) is 10.6. The number of rotatable bonds is 2. The highest BCUT2D eigenvalue weighted by Gasteiger charge is 2.16. The van der Waals surface area contributed by atoms with Crippen LogP contribution in [0.5, 0.6) is 0 Å². The summed E-state index contributed by atoms with van der Waals surface area (Å²) in [7, 11) is 0. The van der Waals surface area contributed by atoms with Gasteiger partial charge in [0.1, 0.15) is 0 Å². The molecule has 0 amide bonds. The molecule has 1 aliphatic rings. The molecule has 1 aromatic heterocycles. The second-order valence-electron chi connectivity index (χ2n) is 4.38. The van der Waals surface area contributed by atoms with Gasteiger partial charge in [-0.05, 0) is 31.9 Å². The van der Waals surface area contributed by atoms with Gasteiger partial charge in [-0.15, -0.1) is 0 Å². The van der Waals surface area contributed by atoms with Crippen LogP contribution in [-0.2, 0) is 6.54 Å². The number of piperidine rings is 1. The van der Waals surface area contributed by atoms with Gasteiger partial charge in [0.2, 0.25) is 0 Å². The average molecular weight is 205 g/mol. The van der Waals surface area contributed by atoms with Crippen LogP contribution < -0.4 is 5.73 Å². The van der Waals surface area contributed by atoms with Crippen molar-refractivity contribution in [2.45, 2.75) is 32.4 Å². The minimum Gasteiger partial charge on any atom is -0.328 e. The molecule has 1 saturated heterocycles. The summed E-state index contributed by atoms with van der Waals surface area (Å²) in [5.41, 5.74) is 8.14. The third kappa shape index (κ3) is 3.01. The Morgan fingerprint density at radius 1 is 1.40 bits per heavy atom. The molecule has 1 aliphatic heterocycles. The largest absolute Gasteiger partial charge is 0.328 e.